The number of nitrogens with zero attached hydrogens (tertiary/aromatic N) is 1. The highest BCUT2D eigenvalue weighted by Crippen LogP contribution is 2.55. The molecule has 0 radical (unpaired) electrons. The predicted octanol–water partition coefficient (Wildman–Crippen LogP) is 3.04. The van der Waals surface area contributed by atoms with E-state index in [-0.39, 0.29) is 11.0 Å². The Morgan fingerprint density at radius 1 is 1.33 bits per heavy atom. The van der Waals surface area contributed by atoms with Crippen molar-refractivity contribution >= 4 is 11.6 Å². The maximum Gasteiger partial charge on any atom is 0.171 e. The van der Waals surface area contributed by atoms with Crippen LogP contribution >= 0.6 is 11.6 Å². The molecule has 0 amide bonds. The van der Waals surface area contributed by atoms with E-state index in [1.165, 1.54) is 18.4 Å². The van der Waals surface area contributed by atoms with Crippen LogP contribution in [0.3, 0.4) is 0 Å². The quantitative estimate of drug-likeness (QED) is 0.609. The fraction of sp³-hybridized carbons (Fsp3) is 0.643. The van der Waals surface area contributed by atoms with Crippen molar-refractivity contribution in [3.05, 3.63) is 22.5 Å². The van der Waals surface area contributed by atoms with E-state index < -0.39 is 0 Å². The second-order valence-electron chi connectivity index (χ2n) is 6.17. The van der Waals surface area contributed by atoms with E-state index in [1.54, 1.807) is 0 Å². The SMILES string of the molecule is CC1(c2cc3c(c(Cl)n2)OC[C@]3(C)C2CC2)CO1. The molecule has 3 heterocycles. The lowest BCUT2D eigenvalue weighted by molar-refractivity contribution is 0.257. The summed E-state index contributed by atoms with van der Waals surface area (Å²) in [4.78, 5) is 4.44. The number of halogens is 1. The number of hydrogen-bond donors (Lipinski definition) is 0. The number of pyridine rings is 1. The van der Waals surface area contributed by atoms with Gasteiger partial charge in [0.2, 0.25) is 0 Å². The number of hydrogen-bond acceptors (Lipinski definition) is 3. The molecular weight excluding hydrogens is 250 g/mol. The third kappa shape index (κ3) is 1.38. The van der Waals surface area contributed by atoms with Crippen molar-refractivity contribution in [2.75, 3.05) is 13.2 Å². The lowest BCUT2D eigenvalue weighted by Crippen LogP contribution is -2.26. The molecule has 2 aliphatic heterocycles. The Labute approximate surface area is 111 Å². The molecule has 1 saturated carbocycles. The molecule has 18 heavy (non-hydrogen) atoms. The Hall–Kier alpha value is -0.800. The summed E-state index contributed by atoms with van der Waals surface area (Å²) in [5.41, 5.74) is 2.06. The van der Waals surface area contributed by atoms with Crippen LogP contribution in [-0.4, -0.2) is 18.2 Å². The zero-order chi connectivity index (χ0) is 12.5. The highest BCUT2D eigenvalue weighted by molar-refractivity contribution is 6.31. The molecule has 3 aliphatic rings. The summed E-state index contributed by atoms with van der Waals surface area (Å²) < 4.78 is 11.3. The summed E-state index contributed by atoms with van der Waals surface area (Å²) in [6.45, 7) is 5.81. The lowest BCUT2D eigenvalue weighted by atomic mass is 9.79. The van der Waals surface area contributed by atoms with Gasteiger partial charge in [-0.05, 0) is 31.7 Å². The van der Waals surface area contributed by atoms with Gasteiger partial charge < -0.3 is 9.47 Å². The fourth-order valence-electron chi connectivity index (χ4n) is 2.95. The first-order valence-corrected chi connectivity index (χ1v) is 6.89. The Morgan fingerprint density at radius 2 is 2.06 bits per heavy atom. The van der Waals surface area contributed by atoms with E-state index in [0.29, 0.717) is 5.15 Å². The number of aromatic nitrogens is 1. The molecular formula is C14H16ClNO2. The van der Waals surface area contributed by atoms with Gasteiger partial charge in [-0.2, -0.15) is 0 Å². The van der Waals surface area contributed by atoms with E-state index in [1.807, 2.05) is 0 Å². The molecule has 96 valence electrons. The molecule has 1 aromatic heterocycles. The zero-order valence-electron chi connectivity index (χ0n) is 10.6. The van der Waals surface area contributed by atoms with E-state index in [4.69, 9.17) is 21.1 Å². The molecule has 3 nitrogen and oxygen atoms in total. The highest BCUT2D eigenvalue weighted by Gasteiger charge is 2.51. The van der Waals surface area contributed by atoms with Gasteiger partial charge in [0.25, 0.3) is 0 Å². The first-order chi connectivity index (χ1) is 8.53. The molecule has 2 atom stereocenters. The molecule has 0 bridgehead atoms. The molecule has 1 unspecified atom stereocenters. The van der Waals surface area contributed by atoms with Crippen LogP contribution in [0.5, 0.6) is 5.75 Å². The van der Waals surface area contributed by atoms with E-state index in [0.717, 1.165) is 30.6 Å². The van der Waals surface area contributed by atoms with Crippen LogP contribution in [0, 0.1) is 5.92 Å². The number of fused-ring (bicyclic) bond motifs is 1. The van der Waals surface area contributed by atoms with Crippen LogP contribution in [-0.2, 0) is 15.8 Å². The number of rotatable bonds is 2. The average Bonchev–Trinajstić information content (AvgIpc) is 3.23. The molecule has 1 aromatic rings. The van der Waals surface area contributed by atoms with E-state index in [9.17, 15) is 0 Å². The van der Waals surface area contributed by atoms with Crippen molar-refractivity contribution in [1.29, 1.82) is 0 Å². The monoisotopic (exact) mass is 265 g/mol. The summed E-state index contributed by atoms with van der Waals surface area (Å²) in [6.07, 6.45) is 2.59. The third-order valence-electron chi connectivity index (χ3n) is 4.66. The van der Waals surface area contributed by atoms with Crippen molar-refractivity contribution in [1.82, 2.24) is 4.98 Å². The maximum atomic E-state index is 6.27. The summed E-state index contributed by atoms with van der Waals surface area (Å²) in [5, 5.41) is 0.489. The van der Waals surface area contributed by atoms with Gasteiger partial charge in [0, 0.05) is 11.0 Å². The average molecular weight is 266 g/mol. The van der Waals surface area contributed by atoms with Crippen molar-refractivity contribution in [3.63, 3.8) is 0 Å². The van der Waals surface area contributed by atoms with E-state index in [2.05, 4.69) is 24.9 Å². The van der Waals surface area contributed by atoms with Crippen LogP contribution in [0.25, 0.3) is 0 Å². The Kier molecular flexibility index (Phi) is 1.97. The molecule has 0 spiro atoms. The summed E-state index contributed by atoms with van der Waals surface area (Å²) in [5.74, 6) is 1.53. The smallest absolute Gasteiger partial charge is 0.171 e. The summed E-state index contributed by atoms with van der Waals surface area (Å²) >= 11 is 6.27. The first kappa shape index (κ1) is 11.1. The topological polar surface area (TPSA) is 34.6 Å². The molecule has 1 aliphatic carbocycles. The lowest BCUT2D eigenvalue weighted by Gasteiger charge is -2.22. The minimum absolute atomic E-state index is 0.113. The molecule has 1 saturated heterocycles. The second kappa shape index (κ2) is 3.20. The largest absolute Gasteiger partial charge is 0.489 e. The first-order valence-electron chi connectivity index (χ1n) is 6.51. The predicted molar refractivity (Wildman–Crippen MR) is 68.1 cm³/mol. The van der Waals surface area contributed by atoms with E-state index >= 15 is 0 Å². The minimum Gasteiger partial charge on any atom is -0.489 e. The Morgan fingerprint density at radius 3 is 2.67 bits per heavy atom. The highest BCUT2D eigenvalue weighted by atomic mass is 35.5. The summed E-state index contributed by atoms with van der Waals surface area (Å²) in [6, 6.07) is 2.15. The van der Waals surface area contributed by atoms with Crippen molar-refractivity contribution in [2.24, 2.45) is 5.92 Å². The summed E-state index contributed by atoms with van der Waals surface area (Å²) in [7, 11) is 0. The van der Waals surface area contributed by atoms with Crippen LogP contribution in [0.4, 0.5) is 0 Å². The maximum absolute atomic E-state index is 6.27. The van der Waals surface area contributed by atoms with Gasteiger partial charge in [0.05, 0.1) is 18.9 Å². The van der Waals surface area contributed by atoms with Gasteiger partial charge >= 0.3 is 0 Å². The van der Waals surface area contributed by atoms with Crippen molar-refractivity contribution in [3.8, 4) is 5.75 Å². The van der Waals surface area contributed by atoms with Crippen LogP contribution < -0.4 is 4.74 Å². The molecule has 4 rings (SSSR count). The minimum atomic E-state index is -0.230. The second-order valence-corrected chi connectivity index (χ2v) is 6.53. The normalized spacial score (nSPS) is 37.3. The fourth-order valence-corrected chi connectivity index (χ4v) is 3.20. The molecule has 4 heteroatoms. The number of ether oxygens (including phenoxy) is 2. The van der Waals surface area contributed by atoms with Crippen molar-refractivity contribution < 1.29 is 9.47 Å². The van der Waals surface area contributed by atoms with Gasteiger partial charge in [0.1, 0.15) is 5.60 Å². The Balaban J connectivity index is 1.87. The van der Waals surface area contributed by atoms with Gasteiger partial charge in [0.15, 0.2) is 10.9 Å². The third-order valence-corrected chi connectivity index (χ3v) is 4.92. The van der Waals surface area contributed by atoms with Gasteiger partial charge in [-0.15, -0.1) is 0 Å². The molecule has 2 fully saturated rings. The van der Waals surface area contributed by atoms with Crippen LogP contribution in [0.1, 0.15) is 37.9 Å². The number of epoxide rings is 1. The standard InChI is InChI=1S/C14H16ClNO2/c1-13(8-3-4-8)6-17-11-9(13)5-10(16-12(11)15)14(2)7-18-14/h5,8H,3-4,6-7H2,1-2H3/t13-,14?/m1/s1. The van der Waals surface area contributed by atoms with Gasteiger partial charge in [-0.1, -0.05) is 18.5 Å². The van der Waals surface area contributed by atoms with Crippen molar-refractivity contribution in [2.45, 2.75) is 37.7 Å². The zero-order valence-corrected chi connectivity index (χ0v) is 11.4. The van der Waals surface area contributed by atoms with Crippen LogP contribution in [0.15, 0.2) is 6.07 Å². The Bertz CT molecular complexity index is 537. The molecule has 0 N–H and O–H groups in total. The van der Waals surface area contributed by atoms with Gasteiger partial charge in [-0.25, -0.2) is 4.98 Å². The van der Waals surface area contributed by atoms with Gasteiger partial charge in [-0.3, -0.25) is 0 Å². The van der Waals surface area contributed by atoms with Crippen LogP contribution in [0.2, 0.25) is 5.15 Å². The molecule has 0 aromatic carbocycles.